The third-order valence-electron chi connectivity index (χ3n) is 3.85. The maximum Gasteiger partial charge on any atom is 0.124 e. The van der Waals surface area contributed by atoms with Gasteiger partial charge in [-0.25, -0.2) is 0 Å². The number of rotatable bonds is 6. The quantitative estimate of drug-likeness (QED) is 0.820. The first kappa shape index (κ1) is 14.4. The van der Waals surface area contributed by atoms with Gasteiger partial charge in [-0.05, 0) is 32.4 Å². The first-order chi connectivity index (χ1) is 9.24. The van der Waals surface area contributed by atoms with Crippen LogP contribution in [0.1, 0.15) is 63.1 Å². The topological polar surface area (TPSA) is 21.3 Å². The van der Waals surface area contributed by atoms with Gasteiger partial charge in [0.05, 0.1) is 0 Å². The van der Waals surface area contributed by atoms with Crippen molar-refractivity contribution in [2.75, 3.05) is 6.54 Å². The fraction of sp³-hybridized carbons (Fsp3) is 0.647. The van der Waals surface area contributed by atoms with E-state index in [0.717, 1.165) is 18.7 Å². The van der Waals surface area contributed by atoms with Gasteiger partial charge in [0, 0.05) is 18.0 Å². The molecule has 2 atom stereocenters. The summed E-state index contributed by atoms with van der Waals surface area (Å²) in [6.45, 7) is 7.70. The number of nitrogens with one attached hydrogen (secondary N) is 1. The summed E-state index contributed by atoms with van der Waals surface area (Å²) in [7, 11) is 0. The maximum absolute atomic E-state index is 6.16. The molecule has 0 aromatic heterocycles. The lowest BCUT2D eigenvalue weighted by atomic mass is 9.93. The number of hydrogen-bond donors (Lipinski definition) is 1. The van der Waals surface area contributed by atoms with Crippen LogP contribution in [0.5, 0.6) is 5.75 Å². The Hall–Kier alpha value is -1.02. The van der Waals surface area contributed by atoms with E-state index in [4.69, 9.17) is 4.74 Å². The Bertz CT molecular complexity index is 402. The SMILES string of the molecule is CCCCC1CC(NCCC)c2cc(C)ccc2O1. The predicted octanol–water partition coefficient (Wildman–Crippen LogP) is 4.38. The van der Waals surface area contributed by atoms with Gasteiger partial charge >= 0.3 is 0 Å². The van der Waals surface area contributed by atoms with Crippen LogP contribution in [0, 0.1) is 6.92 Å². The average Bonchev–Trinajstić information content (AvgIpc) is 2.42. The monoisotopic (exact) mass is 261 g/mol. The Balaban J connectivity index is 2.14. The van der Waals surface area contributed by atoms with Crippen molar-refractivity contribution >= 4 is 0 Å². The van der Waals surface area contributed by atoms with Crippen LogP contribution in [0.4, 0.5) is 0 Å². The molecular formula is C17H27NO. The van der Waals surface area contributed by atoms with Crippen molar-refractivity contribution in [2.24, 2.45) is 0 Å². The van der Waals surface area contributed by atoms with E-state index < -0.39 is 0 Å². The van der Waals surface area contributed by atoms with Crippen molar-refractivity contribution in [3.63, 3.8) is 0 Å². The number of fused-ring (bicyclic) bond motifs is 1. The average molecular weight is 261 g/mol. The zero-order valence-corrected chi connectivity index (χ0v) is 12.5. The fourth-order valence-electron chi connectivity index (χ4n) is 2.79. The first-order valence-electron chi connectivity index (χ1n) is 7.75. The lowest BCUT2D eigenvalue weighted by molar-refractivity contribution is 0.138. The molecule has 0 bridgehead atoms. The summed E-state index contributed by atoms with van der Waals surface area (Å²) < 4.78 is 6.16. The minimum Gasteiger partial charge on any atom is -0.490 e. The predicted molar refractivity (Wildman–Crippen MR) is 80.8 cm³/mol. The van der Waals surface area contributed by atoms with E-state index in [0.29, 0.717) is 12.1 Å². The second kappa shape index (κ2) is 6.95. The summed E-state index contributed by atoms with van der Waals surface area (Å²) in [5, 5.41) is 3.68. The molecule has 0 saturated carbocycles. The number of unbranched alkanes of at least 4 members (excludes halogenated alkanes) is 1. The van der Waals surface area contributed by atoms with Gasteiger partial charge in [0.25, 0.3) is 0 Å². The van der Waals surface area contributed by atoms with Gasteiger partial charge in [0.2, 0.25) is 0 Å². The highest BCUT2D eigenvalue weighted by atomic mass is 16.5. The van der Waals surface area contributed by atoms with E-state index in [2.05, 4.69) is 44.3 Å². The van der Waals surface area contributed by atoms with Gasteiger partial charge in [-0.2, -0.15) is 0 Å². The Morgan fingerprint density at radius 1 is 1.26 bits per heavy atom. The molecule has 0 aliphatic carbocycles. The van der Waals surface area contributed by atoms with Crippen LogP contribution in [-0.4, -0.2) is 12.6 Å². The van der Waals surface area contributed by atoms with Crippen molar-refractivity contribution in [3.05, 3.63) is 29.3 Å². The smallest absolute Gasteiger partial charge is 0.124 e. The standard InChI is InChI=1S/C17H27NO/c1-4-6-7-14-12-16(18-10-5-2)15-11-13(3)8-9-17(15)19-14/h8-9,11,14,16,18H,4-7,10,12H2,1-3H3. The molecule has 1 aromatic rings. The molecule has 0 radical (unpaired) electrons. The van der Waals surface area contributed by atoms with Gasteiger partial charge < -0.3 is 10.1 Å². The number of ether oxygens (including phenoxy) is 1. The molecule has 0 saturated heterocycles. The molecule has 1 heterocycles. The third-order valence-corrected chi connectivity index (χ3v) is 3.85. The van der Waals surface area contributed by atoms with E-state index >= 15 is 0 Å². The molecule has 1 aromatic carbocycles. The van der Waals surface area contributed by atoms with Crippen LogP contribution < -0.4 is 10.1 Å². The summed E-state index contributed by atoms with van der Waals surface area (Å²) in [4.78, 5) is 0. The second-order valence-electron chi connectivity index (χ2n) is 5.67. The van der Waals surface area contributed by atoms with E-state index in [1.807, 2.05) is 0 Å². The molecule has 0 amide bonds. The van der Waals surface area contributed by atoms with Gasteiger partial charge in [0.1, 0.15) is 11.9 Å². The van der Waals surface area contributed by atoms with Gasteiger partial charge in [-0.1, -0.05) is 44.4 Å². The highest BCUT2D eigenvalue weighted by molar-refractivity contribution is 5.40. The summed E-state index contributed by atoms with van der Waals surface area (Å²) in [5.74, 6) is 1.09. The Morgan fingerprint density at radius 3 is 2.84 bits per heavy atom. The zero-order valence-electron chi connectivity index (χ0n) is 12.5. The lowest BCUT2D eigenvalue weighted by Crippen LogP contribution is -2.33. The lowest BCUT2D eigenvalue weighted by Gasteiger charge is -2.33. The zero-order chi connectivity index (χ0) is 13.7. The van der Waals surface area contributed by atoms with Crippen LogP contribution in [0.15, 0.2) is 18.2 Å². The van der Waals surface area contributed by atoms with Gasteiger partial charge in [0.15, 0.2) is 0 Å². The molecule has 106 valence electrons. The summed E-state index contributed by atoms with van der Waals surface area (Å²) in [6, 6.07) is 7.03. The molecule has 2 rings (SSSR count). The third kappa shape index (κ3) is 3.73. The van der Waals surface area contributed by atoms with Crippen molar-refractivity contribution in [3.8, 4) is 5.75 Å². The van der Waals surface area contributed by atoms with E-state index in [9.17, 15) is 0 Å². The van der Waals surface area contributed by atoms with Crippen molar-refractivity contribution < 1.29 is 4.74 Å². The molecule has 2 unspecified atom stereocenters. The molecule has 1 N–H and O–H groups in total. The minimum atomic E-state index is 0.379. The molecule has 1 aliphatic rings. The second-order valence-corrected chi connectivity index (χ2v) is 5.67. The van der Waals surface area contributed by atoms with E-state index in [1.54, 1.807) is 0 Å². The largest absolute Gasteiger partial charge is 0.490 e. The van der Waals surface area contributed by atoms with E-state index in [1.165, 1.54) is 36.8 Å². The minimum absolute atomic E-state index is 0.379. The fourth-order valence-corrected chi connectivity index (χ4v) is 2.79. The maximum atomic E-state index is 6.16. The summed E-state index contributed by atoms with van der Waals surface area (Å²) in [5.41, 5.74) is 2.67. The van der Waals surface area contributed by atoms with Crippen LogP contribution in [-0.2, 0) is 0 Å². The molecule has 2 nitrogen and oxygen atoms in total. The molecule has 0 spiro atoms. The summed E-state index contributed by atoms with van der Waals surface area (Å²) >= 11 is 0. The van der Waals surface area contributed by atoms with Crippen molar-refractivity contribution in [1.29, 1.82) is 0 Å². The molecule has 0 fully saturated rings. The van der Waals surface area contributed by atoms with Crippen LogP contribution in [0.3, 0.4) is 0 Å². The number of hydrogen-bond acceptors (Lipinski definition) is 2. The molecule has 19 heavy (non-hydrogen) atoms. The number of benzene rings is 1. The van der Waals surface area contributed by atoms with Crippen LogP contribution >= 0.6 is 0 Å². The molecular weight excluding hydrogens is 234 g/mol. The highest BCUT2D eigenvalue weighted by Gasteiger charge is 2.27. The normalized spacial score (nSPS) is 21.8. The van der Waals surface area contributed by atoms with Crippen molar-refractivity contribution in [1.82, 2.24) is 5.32 Å². The Kier molecular flexibility index (Phi) is 5.26. The Labute approximate surface area is 117 Å². The number of aryl methyl sites for hydroxylation is 1. The van der Waals surface area contributed by atoms with E-state index in [-0.39, 0.29) is 0 Å². The first-order valence-corrected chi connectivity index (χ1v) is 7.75. The molecule has 2 heteroatoms. The van der Waals surface area contributed by atoms with Gasteiger partial charge in [-0.3, -0.25) is 0 Å². The molecule has 1 aliphatic heterocycles. The Morgan fingerprint density at radius 2 is 2.11 bits per heavy atom. The van der Waals surface area contributed by atoms with Crippen molar-refractivity contribution in [2.45, 2.75) is 65.0 Å². The van der Waals surface area contributed by atoms with Crippen LogP contribution in [0.25, 0.3) is 0 Å². The van der Waals surface area contributed by atoms with Crippen LogP contribution in [0.2, 0.25) is 0 Å². The highest BCUT2D eigenvalue weighted by Crippen LogP contribution is 2.36. The summed E-state index contributed by atoms with van der Waals surface area (Å²) in [6.07, 6.45) is 6.34. The van der Waals surface area contributed by atoms with Gasteiger partial charge in [-0.15, -0.1) is 0 Å².